The van der Waals surface area contributed by atoms with Crippen LogP contribution in [0.3, 0.4) is 0 Å². The Balaban J connectivity index is 0.870. The van der Waals surface area contributed by atoms with Gasteiger partial charge in [0.25, 0.3) is 0 Å². The van der Waals surface area contributed by atoms with E-state index in [0.29, 0.717) is 32.0 Å². The molecule has 2 aliphatic heterocycles. The van der Waals surface area contributed by atoms with Crippen molar-refractivity contribution >= 4 is 45.6 Å². The summed E-state index contributed by atoms with van der Waals surface area (Å²) in [6.45, 7) is 6.42. The lowest BCUT2D eigenvalue weighted by Gasteiger charge is -2.30. The zero-order chi connectivity index (χ0) is 46.9. The first-order chi connectivity index (χ1) is 33.1. The molecule has 4 aromatic carbocycles. The van der Waals surface area contributed by atoms with E-state index in [1.54, 1.807) is 0 Å². The molecule has 4 heterocycles. The number of fused-ring (bicyclic) bond motifs is 3. The summed E-state index contributed by atoms with van der Waals surface area (Å²) >= 11 is 0. The third-order valence-corrected chi connectivity index (χ3v) is 14.9. The summed E-state index contributed by atoms with van der Waals surface area (Å²) in [7, 11) is 1.31. The van der Waals surface area contributed by atoms with Crippen LogP contribution in [0.5, 0.6) is 0 Å². The second kappa shape index (κ2) is 19.6. The van der Waals surface area contributed by atoms with E-state index in [2.05, 4.69) is 75.2 Å². The van der Waals surface area contributed by atoms with Crippen molar-refractivity contribution in [2.45, 2.75) is 95.8 Å². The lowest BCUT2D eigenvalue weighted by Crippen LogP contribution is -2.51. The standard InChI is InChI=1S/C54H62N8O6/c1-4-32(2)46(60-54(66)67-3)52(64)61-25-9-14-44(61)49-55-28-43(57-49)36-17-15-35(16-18-36)39-21-23-41-40(27-39)22-24-42-48(41)58-50(56-42)45-26-34(31-68-30-33-10-8-11-33)29-62(45)53(65)47(37-12-6-5-7-13-37)59-51(63)38-19-20-38/h5-7,12-13,15-18,21-24,27-28,32-34,38,44-47H,4,8-11,14,19-20,25-26,29-31H2,1-3H3,(H,55,57)(H,56,58)(H,59,63)(H,60,66)/t32-,34-,44-,45-,46-,47+/m0/s1. The van der Waals surface area contributed by atoms with Crippen LogP contribution in [0.4, 0.5) is 4.79 Å². The lowest BCUT2D eigenvalue weighted by molar-refractivity contribution is -0.138. The number of nitrogens with zero attached hydrogens (tertiary/aromatic N) is 4. The number of carbonyl (C=O) groups is 4. The molecule has 4 fully saturated rings. The highest BCUT2D eigenvalue weighted by atomic mass is 16.5. The molecule has 2 saturated heterocycles. The minimum Gasteiger partial charge on any atom is -0.453 e. The molecule has 14 nitrogen and oxygen atoms in total. The van der Waals surface area contributed by atoms with Crippen LogP contribution in [0, 0.1) is 23.7 Å². The van der Waals surface area contributed by atoms with Crippen LogP contribution in [0.15, 0.2) is 91.1 Å². The van der Waals surface area contributed by atoms with Gasteiger partial charge in [-0.2, -0.15) is 0 Å². The van der Waals surface area contributed by atoms with Gasteiger partial charge >= 0.3 is 6.09 Å². The summed E-state index contributed by atoms with van der Waals surface area (Å²) in [6.07, 6.45) is 9.70. The van der Waals surface area contributed by atoms with Gasteiger partial charge in [-0.15, -0.1) is 0 Å². The van der Waals surface area contributed by atoms with Gasteiger partial charge in [0.2, 0.25) is 17.7 Å². The quantitative estimate of drug-likeness (QED) is 0.0744. The Kier molecular flexibility index (Phi) is 13.0. The number of ether oxygens (including phenoxy) is 2. The van der Waals surface area contributed by atoms with Gasteiger partial charge in [-0.1, -0.05) is 99.5 Å². The van der Waals surface area contributed by atoms with Crippen molar-refractivity contribution < 1.29 is 28.7 Å². The molecule has 2 saturated carbocycles. The molecule has 2 aromatic heterocycles. The van der Waals surface area contributed by atoms with Gasteiger partial charge in [0.1, 0.15) is 23.7 Å². The van der Waals surface area contributed by atoms with Gasteiger partial charge in [0.05, 0.1) is 48.7 Å². The number of rotatable bonds is 16. The summed E-state index contributed by atoms with van der Waals surface area (Å²) in [4.78, 5) is 74.8. The molecule has 4 aliphatic rings. The highest BCUT2D eigenvalue weighted by Crippen LogP contribution is 2.40. The van der Waals surface area contributed by atoms with E-state index in [-0.39, 0.29) is 47.6 Å². The number of benzene rings is 4. The number of nitrogens with one attached hydrogen (secondary N) is 4. The van der Waals surface area contributed by atoms with E-state index in [9.17, 15) is 19.2 Å². The van der Waals surface area contributed by atoms with Gasteiger partial charge in [-0.25, -0.2) is 14.8 Å². The lowest BCUT2D eigenvalue weighted by atomic mass is 9.86. The predicted molar refractivity (Wildman–Crippen MR) is 260 cm³/mol. The van der Waals surface area contributed by atoms with Crippen molar-refractivity contribution in [1.29, 1.82) is 0 Å². The first kappa shape index (κ1) is 45.3. The number of aromatic amines is 2. The molecule has 0 bridgehead atoms. The van der Waals surface area contributed by atoms with Crippen LogP contribution in [0.1, 0.15) is 107 Å². The molecule has 0 unspecified atom stereocenters. The SMILES string of the molecule is CC[C@H](C)[C@H](NC(=O)OC)C(=O)N1CCC[C@H]1c1ncc(-c2ccc(-c3ccc4c(ccc5[nH]c([C@@H]6C[C@H](COCC7CCC7)CN6C(=O)[C@H](NC(=O)C6CC6)c6ccccc6)nc54)c3)cc2)[nH]1. The molecular formula is C54H62N8O6. The summed E-state index contributed by atoms with van der Waals surface area (Å²) in [5, 5.41) is 7.95. The minimum absolute atomic E-state index is 0.0292. The topological polar surface area (TPSA) is 175 Å². The molecule has 6 atom stereocenters. The van der Waals surface area contributed by atoms with Crippen molar-refractivity contribution in [1.82, 2.24) is 40.4 Å². The predicted octanol–water partition coefficient (Wildman–Crippen LogP) is 9.18. The van der Waals surface area contributed by atoms with Crippen LogP contribution < -0.4 is 10.6 Å². The molecule has 14 heteroatoms. The molecule has 354 valence electrons. The largest absolute Gasteiger partial charge is 0.453 e. The van der Waals surface area contributed by atoms with Crippen LogP contribution in [-0.4, -0.2) is 93.0 Å². The average Bonchev–Trinajstić information content (AvgIpc) is 3.71. The van der Waals surface area contributed by atoms with Gasteiger partial charge in [0, 0.05) is 36.9 Å². The molecule has 4 amide bonds. The number of amides is 4. The van der Waals surface area contributed by atoms with E-state index < -0.39 is 18.2 Å². The number of hydrogen-bond donors (Lipinski definition) is 4. The molecular weight excluding hydrogens is 857 g/mol. The Morgan fingerprint density at radius 3 is 2.28 bits per heavy atom. The maximum absolute atomic E-state index is 14.8. The van der Waals surface area contributed by atoms with E-state index in [1.165, 1.54) is 26.4 Å². The Morgan fingerprint density at radius 1 is 0.779 bits per heavy atom. The fourth-order valence-electron chi connectivity index (χ4n) is 10.3. The maximum atomic E-state index is 14.8. The molecule has 0 radical (unpaired) electrons. The average molecular weight is 919 g/mol. The molecule has 4 N–H and O–H groups in total. The van der Waals surface area contributed by atoms with Crippen LogP contribution in [0.25, 0.3) is 44.2 Å². The number of imidazole rings is 2. The van der Waals surface area contributed by atoms with Gasteiger partial charge < -0.3 is 39.9 Å². The third kappa shape index (κ3) is 9.35. The highest BCUT2D eigenvalue weighted by Gasteiger charge is 2.43. The zero-order valence-corrected chi connectivity index (χ0v) is 39.2. The Morgan fingerprint density at radius 2 is 1.54 bits per heavy atom. The molecule has 68 heavy (non-hydrogen) atoms. The normalized spacial score (nSPS) is 20.8. The molecule has 2 aliphatic carbocycles. The summed E-state index contributed by atoms with van der Waals surface area (Å²) in [5.41, 5.74) is 6.50. The van der Waals surface area contributed by atoms with Crippen LogP contribution in [-0.2, 0) is 23.9 Å². The van der Waals surface area contributed by atoms with Gasteiger partial charge in [-0.05, 0) is 96.6 Å². The highest BCUT2D eigenvalue weighted by molar-refractivity contribution is 6.05. The van der Waals surface area contributed by atoms with Crippen molar-refractivity contribution in [3.8, 4) is 22.4 Å². The van der Waals surface area contributed by atoms with Crippen molar-refractivity contribution in [3.05, 3.63) is 108 Å². The van der Waals surface area contributed by atoms with E-state index >= 15 is 0 Å². The number of carbonyl (C=O) groups excluding carboxylic acids is 4. The van der Waals surface area contributed by atoms with Crippen molar-refractivity contribution in [3.63, 3.8) is 0 Å². The van der Waals surface area contributed by atoms with Gasteiger partial charge in [-0.3, -0.25) is 14.4 Å². The van der Waals surface area contributed by atoms with E-state index in [0.717, 1.165) is 100 Å². The summed E-state index contributed by atoms with van der Waals surface area (Å²) in [5.74, 6) is 1.83. The summed E-state index contributed by atoms with van der Waals surface area (Å²) in [6, 6.07) is 26.6. The van der Waals surface area contributed by atoms with Crippen molar-refractivity contribution in [2.24, 2.45) is 23.7 Å². The summed E-state index contributed by atoms with van der Waals surface area (Å²) < 4.78 is 11.1. The number of methoxy groups -OCH3 is 1. The fraction of sp³-hybridized carbons (Fsp3) is 0.444. The van der Waals surface area contributed by atoms with Crippen molar-refractivity contribution in [2.75, 3.05) is 33.4 Å². The molecule has 10 rings (SSSR count). The smallest absolute Gasteiger partial charge is 0.407 e. The first-order valence-corrected chi connectivity index (χ1v) is 24.6. The molecule has 6 aromatic rings. The number of alkyl carbamates (subject to hydrolysis) is 1. The number of likely N-dealkylation sites (tertiary alicyclic amines) is 2. The van der Waals surface area contributed by atoms with E-state index in [1.807, 2.05) is 60.2 Å². The number of hydrogen-bond acceptors (Lipinski definition) is 8. The Labute approximate surface area is 397 Å². The fourth-order valence-corrected chi connectivity index (χ4v) is 10.3. The second-order valence-corrected chi connectivity index (χ2v) is 19.5. The Hall–Kier alpha value is -6.54. The number of H-pyrrole nitrogens is 2. The van der Waals surface area contributed by atoms with Crippen LogP contribution >= 0.6 is 0 Å². The second-order valence-electron chi connectivity index (χ2n) is 19.5. The van der Waals surface area contributed by atoms with Gasteiger partial charge in [0.15, 0.2) is 0 Å². The maximum Gasteiger partial charge on any atom is 0.407 e. The molecule has 0 spiro atoms. The van der Waals surface area contributed by atoms with E-state index in [4.69, 9.17) is 19.4 Å². The monoisotopic (exact) mass is 918 g/mol. The Bertz CT molecular complexity index is 2780. The zero-order valence-electron chi connectivity index (χ0n) is 39.2. The minimum atomic E-state index is -0.789. The third-order valence-electron chi connectivity index (χ3n) is 14.9. The first-order valence-electron chi connectivity index (χ1n) is 24.6. The van der Waals surface area contributed by atoms with Crippen LogP contribution in [0.2, 0.25) is 0 Å². The number of aromatic nitrogens is 4.